The number of aryl methyl sites for hydroxylation is 1. The van der Waals surface area contributed by atoms with Crippen LogP contribution in [0.1, 0.15) is 44.7 Å². The fraction of sp³-hybridized carbons (Fsp3) is 0.733. The van der Waals surface area contributed by atoms with Gasteiger partial charge in [-0.2, -0.15) is 4.98 Å². The number of aromatic nitrogens is 2. The smallest absolute Gasteiger partial charge is 0.229 e. The summed E-state index contributed by atoms with van der Waals surface area (Å²) in [6, 6.07) is 3.26. The van der Waals surface area contributed by atoms with Crippen molar-refractivity contribution in [2.45, 2.75) is 64.1 Å². The topological polar surface area (TPSA) is 64.3 Å². The van der Waals surface area contributed by atoms with E-state index in [1.807, 2.05) is 13.0 Å². The molecule has 20 heavy (non-hydrogen) atoms. The molecule has 2 saturated heterocycles. The SMILES string of the molecule is CCCOc1cc(C)nc(N2C3CCC2CC(N)C3)n1. The molecule has 0 aromatic carbocycles. The average Bonchev–Trinajstić information content (AvgIpc) is 2.68. The number of hydrogen-bond acceptors (Lipinski definition) is 5. The van der Waals surface area contributed by atoms with Crippen molar-refractivity contribution in [1.29, 1.82) is 0 Å². The van der Waals surface area contributed by atoms with Gasteiger partial charge in [0, 0.05) is 29.9 Å². The third kappa shape index (κ3) is 2.59. The maximum absolute atomic E-state index is 6.13. The van der Waals surface area contributed by atoms with E-state index in [9.17, 15) is 0 Å². The van der Waals surface area contributed by atoms with Gasteiger partial charge in [0.2, 0.25) is 11.8 Å². The van der Waals surface area contributed by atoms with E-state index in [0.29, 0.717) is 30.6 Å². The van der Waals surface area contributed by atoms with Gasteiger partial charge >= 0.3 is 0 Å². The predicted octanol–water partition coefficient (Wildman–Crippen LogP) is 2.03. The molecule has 2 bridgehead atoms. The molecular weight excluding hydrogens is 252 g/mol. The van der Waals surface area contributed by atoms with Gasteiger partial charge in [0.25, 0.3) is 0 Å². The molecule has 2 unspecified atom stereocenters. The van der Waals surface area contributed by atoms with Gasteiger partial charge in [-0.05, 0) is 39.0 Å². The largest absolute Gasteiger partial charge is 0.478 e. The van der Waals surface area contributed by atoms with Crippen molar-refractivity contribution >= 4 is 5.95 Å². The first-order valence-electron chi connectivity index (χ1n) is 7.69. The first kappa shape index (κ1) is 13.6. The molecule has 5 nitrogen and oxygen atoms in total. The molecule has 2 fully saturated rings. The minimum absolute atomic E-state index is 0.337. The molecular formula is C15H24N4O. The lowest BCUT2D eigenvalue weighted by atomic mass is 9.99. The van der Waals surface area contributed by atoms with E-state index in [4.69, 9.17) is 10.5 Å². The Balaban J connectivity index is 1.85. The van der Waals surface area contributed by atoms with Gasteiger partial charge in [-0.25, -0.2) is 4.98 Å². The highest BCUT2D eigenvalue weighted by atomic mass is 16.5. The molecule has 0 amide bonds. The van der Waals surface area contributed by atoms with Gasteiger partial charge in [-0.3, -0.25) is 0 Å². The number of anilines is 1. The van der Waals surface area contributed by atoms with Crippen LogP contribution in [0.5, 0.6) is 5.88 Å². The molecule has 3 rings (SSSR count). The van der Waals surface area contributed by atoms with Crippen LogP contribution in [0.25, 0.3) is 0 Å². The fourth-order valence-electron chi connectivity index (χ4n) is 3.47. The summed E-state index contributed by atoms with van der Waals surface area (Å²) in [5.74, 6) is 1.53. The standard InChI is InChI=1S/C15H24N4O/c1-3-6-20-14-7-10(2)17-15(18-14)19-12-4-5-13(19)9-11(16)8-12/h7,11-13H,3-6,8-9,16H2,1-2H3. The highest BCUT2D eigenvalue weighted by molar-refractivity contribution is 5.40. The molecule has 0 saturated carbocycles. The quantitative estimate of drug-likeness (QED) is 0.911. The minimum atomic E-state index is 0.337. The predicted molar refractivity (Wildman–Crippen MR) is 79.1 cm³/mol. The molecule has 2 aliphatic heterocycles. The van der Waals surface area contributed by atoms with E-state index in [2.05, 4.69) is 21.8 Å². The van der Waals surface area contributed by atoms with Crippen molar-refractivity contribution in [2.75, 3.05) is 11.5 Å². The molecule has 2 atom stereocenters. The lowest BCUT2D eigenvalue weighted by Gasteiger charge is -2.37. The van der Waals surface area contributed by atoms with Crippen LogP contribution in [0.3, 0.4) is 0 Å². The highest BCUT2D eigenvalue weighted by Gasteiger charge is 2.41. The lowest BCUT2D eigenvalue weighted by molar-refractivity contribution is 0.303. The molecule has 1 aromatic rings. The van der Waals surface area contributed by atoms with Crippen molar-refractivity contribution in [3.63, 3.8) is 0 Å². The number of hydrogen-bond donors (Lipinski definition) is 1. The maximum atomic E-state index is 6.13. The van der Waals surface area contributed by atoms with Gasteiger partial charge in [-0.1, -0.05) is 6.92 Å². The Kier molecular flexibility index (Phi) is 3.78. The van der Waals surface area contributed by atoms with Gasteiger partial charge in [0.1, 0.15) is 0 Å². The second kappa shape index (κ2) is 5.56. The summed E-state index contributed by atoms with van der Waals surface area (Å²) in [5, 5.41) is 0. The summed E-state index contributed by atoms with van der Waals surface area (Å²) >= 11 is 0. The number of rotatable bonds is 4. The zero-order chi connectivity index (χ0) is 14.1. The Bertz CT molecular complexity index is 465. The Labute approximate surface area is 120 Å². The number of ether oxygens (including phenoxy) is 1. The second-order valence-electron chi connectivity index (χ2n) is 6.02. The van der Waals surface area contributed by atoms with Crippen molar-refractivity contribution in [1.82, 2.24) is 9.97 Å². The summed E-state index contributed by atoms with van der Waals surface area (Å²) < 4.78 is 5.68. The van der Waals surface area contributed by atoms with Gasteiger partial charge in [-0.15, -0.1) is 0 Å². The van der Waals surface area contributed by atoms with Crippen LogP contribution in [-0.2, 0) is 0 Å². The van der Waals surface area contributed by atoms with Crippen molar-refractivity contribution in [3.8, 4) is 5.88 Å². The molecule has 2 N–H and O–H groups in total. The number of piperidine rings is 1. The minimum Gasteiger partial charge on any atom is -0.478 e. The van der Waals surface area contributed by atoms with Crippen LogP contribution >= 0.6 is 0 Å². The van der Waals surface area contributed by atoms with E-state index >= 15 is 0 Å². The third-order valence-electron chi connectivity index (χ3n) is 4.27. The summed E-state index contributed by atoms with van der Waals surface area (Å²) in [5.41, 5.74) is 7.10. The first-order valence-corrected chi connectivity index (χ1v) is 7.69. The Morgan fingerprint density at radius 1 is 1.30 bits per heavy atom. The summed E-state index contributed by atoms with van der Waals surface area (Å²) in [6.07, 6.45) is 5.52. The molecule has 110 valence electrons. The highest BCUT2D eigenvalue weighted by Crippen LogP contribution is 2.37. The number of fused-ring (bicyclic) bond motifs is 2. The maximum Gasteiger partial charge on any atom is 0.229 e. The summed E-state index contributed by atoms with van der Waals surface area (Å²) in [4.78, 5) is 11.6. The molecule has 5 heteroatoms. The van der Waals surface area contributed by atoms with Crippen LogP contribution in [0, 0.1) is 6.92 Å². The zero-order valence-electron chi connectivity index (χ0n) is 12.4. The Morgan fingerprint density at radius 2 is 2.00 bits per heavy atom. The Morgan fingerprint density at radius 3 is 2.65 bits per heavy atom. The van der Waals surface area contributed by atoms with E-state index < -0.39 is 0 Å². The van der Waals surface area contributed by atoms with Gasteiger partial charge in [0.15, 0.2) is 0 Å². The van der Waals surface area contributed by atoms with Crippen LogP contribution in [0.4, 0.5) is 5.95 Å². The van der Waals surface area contributed by atoms with Crippen LogP contribution < -0.4 is 15.4 Å². The van der Waals surface area contributed by atoms with E-state index in [-0.39, 0.29) is 0 Å². The van der Waals surface area contributed by atoms with E-state index in [0.717, 1.165) is 30.9 Å². The van der Waals surface area contributed by atoms with Gasteiger partial charge < -0.3 is 15.4 Å². The molecule has 0 spiro atoms. The van der Waals surface area contributed by atoms with Crippen molar-refractivity contribution < 1.29 is 4.74 Å². The normalized spacial score (nSPS) is 28.8. The molecule has 0 radical (unpaired) electrons. The van der Waals surface area contributed by atoms with Crippen LogP contribution in [0.15, 0.2) is 6.07 Å². The molecule has 3 heterocycles. The summed E-state index contributed by atoms with van der Waals surface area (Å²) in [6.45, 7) is 4.80. The monoisotopic (exact) mass is 276 g/mol. The third-order valence-corrected chi connectivity index (χ3v) is 4.27. The number of nitrogens with two attached hydrogens (primary N) is 1. The van der Waals surface area contributed by atoms with Crippen LogP contribution in [0.2, 0.25) is 0 Å². The van der Waals surface area contributed by atoms with E-state index in [1.165, 1.54) is 12.8 Å². The van der Waals surface area contributed by atoms with Crippen molar-refractivity contribution in [3.05, 3.63) is 11.8 Å². The molecule has 0 aliphatic carbocycles. The molecule has 2 aliphatic rings. The summed E-state index contributed by atoms with van der Waals surface area (Å²) in [7, 11) is 0. The van der Waals surface area contributed by atoms with Gasteiger partial charge in [0.05, 0.1) is 6.61 Å². The zero-order valence-corrected chi connectivity index (χ0v) is 12.4. The average molecular weight is 276 g/mol. The fourth-order valence-corrected chi connectivity index (χ4v) is 3.47. The van der Waals surface area contributed by atoms with Crippen molar-refractivity contribution in [2.24, 2.45) is 5.73 Å². The van der Waals surface area contributed by atoms with Crippen LogP contribution in [-0.4, -0.2) is 34.7 Å². The Hall–Kier alpha value is -1.36. The second-order valence-corrected chi connectivity index (χ2v) is 6.02. The first-order chi connectivity index (χ1) is 9.67. The van der Waals surface area contributed by atoms with E-state index in [1.54, 1.807) is 0 Å². The number of nitrogens with zero attached hydrogens (tertiary/aromatic N) is 3. The lowest BCUT2D eigenvalue weighted by Crippen LogP contribution is -2.48. The molecule has 1 aromatic heterocycles.